The summed E-state index contributed by atoms with van der Waals surface area (Å²) >= 11 is 4.75. The van der Waals surface area contributed by atoms with Crippen molar-refractivity contribution in [2.75, 3.05) is 18.4 Å². The first-order valence-electron chi connectivity index (χ1n) is 9.96. The number of likely N-dealkylation sites (tertiary alicyclic amines) is 1. The third kappa shape index (κ3) is 4.85. The van der Waals surface area contributed by atoms with Crippen molar-refractivity contribution < 1.29 is 9.53 Å². The van der Waals surface area contributed by atoms with Crippen molar-refractivity contribution in [2.45, 2.75) is 39.0 Å². The molecule has 1 saturated heterocycles. The lowest BCUT2D eigenvalue weighted by atomic mass is 9.79. The van der Waals surface area contributed by atoms with Crippen molar-refractivity contribution in [3.05, 3.63) is 46.6 Å². The molecule has 31 heavy (non-hydrogen) atoms. The van der Waals surface area contributed by atoms with E-state index in [4.69, 9.17) is 9.72 Å². The van der Waals surface area contributed by atoms with E-state index in [1.165, 1.54) is 11.5 Å². The van der Waals surface area contributed by atoms with E-state index in [9.17, 15) is 4.79 Å². The van der Waals surface area contributed by atoms with E-state index in [2.05, 4.69) is 42.5 Å². The minimum absolute atomic E-state index is 0.119. The zero-order chi connectivity index (χ0) is 22.0. The molecule has 0 atom stereocenters. The van der Waals surface area contributed by atoms with Crippen LogP contribution in [-0.2, 0) is 10.2 Å². The Balaban J connectivity index is 1.53. The van der Waals surface area contributed by atoms with Gasteiger partial charge < -0.3 is 15.0 Å². The normalized spacial score (nSPS) is 15.5. The second-order valence-corrected chi connectivity index (χ2v) is 9.47. The van der Waals surface area contributed by atoms with Gasteiger partial charge in [-0.3, -0.25) is 9.78 Å². The Morgan fingerprint density at radius 2 is 2.06 bits per heavy atom. The van der Waals surface area contributed by atoms with Crippen LogP contribution in [0.1, 0.15) is 38.2 Å². The number of rotatable bonds is 5. The number of carbonyl (C=O) groups is 1. The van der Waals surface area contributed by atoms with Crippen LogP contribution in [0.3, 0.4) is 0 Å². The number of aryl methyl sites for hydroxylation is 1. The number of piperidine rings is 1. The largest absolute Gasteiger partial charge is 0.452 e. The van der Waals surface area contributed by atoms with Crippen LogP contribution in [0.2, 0.25) is 0 Å². The molecule has 1 aliphatic rings. The number of nitrogens with one attached hydrogen (secondary N) is 1. The quantitative estimate of drug-likeness (QED) is 0.533. The van der Waals surface area contributed by atoms with Gasteiger partial charge in [-0.25, -0.2) is 9.97 Å². The standard InChI is InChI=1S/C21H23BrN6O2S/c1-13-16(5-4-8-23-13)30-17-11-15(22)12-24-18(17)25-20-26-19(27-31-20)21(3)6-9-28(10-7-21)14(2)29/h4-5,8,11-12H,6-7,9-10H2,1-3H3,(H,24,25,26,27). The first kappa shape index (κ1) is 21.6. The Hall–Kier alpha value is -2.59. The first-order valence-corrected chi connectivity index (χ1v) is 11.5. The molecule has 0 saturated carbocycles. The molecule has 1 amide bonds. The molecule has 0 bridgehead atoms. The fourth-order valence-corrected chi connectivity index (χ4v) is 4.46. The lowest BCUT2D eigenvalue weighted by molar-refractivity contribution is -0.130. The molecule has 162 valence electrons. The number of halogens is 1. The van der Waals surface area contributed by atoms with Gasteiger partial charge in [0, 0.05) is 59.9 Å². The molecule has 0 aliphatic carbocycles. The summed E-state index contributed by atoms with van der Waals surface area (Å²) in [5.74, 6) is 2.68. The summed E-state index contributed by atoms with van der Waals surface area (Å²) in [4.78, 5) is 27.0. The maximum atomic E-state index is 11.6. The number of pyridine rings is 2. The van der Waals surface area contributed by atoms with Crippen LogP contribution in [0.15, 0.2) is 35.1 Å². The minimum atomic E-state index is -0.151. The molecule has 3 aromatic heterocycles. The summed E-state index contributed by atoms with van der Waals surface area (Å²) in [6, 6.07) is 5.54. The summed E-state index contributed by atoms with van der Waals surface area (Å²) in [6.45, 7) is 7.12. The number of hydrogen-bond donors (Lipinski definition) is 1. The Morgan fingerprint density at radius 3 is 2.77 bits per heavy atom. The number of hydrogen-bond acceptors (Lipinski definition) is 8. The van der Waals surface area contributed by atoms with Crippen molar-refractivity contribution in [1.29, 1.82) is 0 Å². The maximum absolute atomic E-state index is 11.6. The van der Waals surface area contributed by atoms with E-state index < -0.39 is 0 Å². The fraction of sp³-hybridized carbons (Fsp3) is 0.381. The average molecular weight is 503 g/mol. The number of anilines is 2. The van der Waals surface area contributed by atoms with Gasteiger partial charge in [0.1, 0.15) is 5.75 Å². The van der Waals surface area contributed by atoms with E-state index in [1.807, 2.05) is 30.0 Å². The van der Waals surface area contributed by atoms with E-state index in [-0.39, 0.29) is 11.3 Å². The smallest absolute Gasteiger partial charge is 0.219 e. The monoisotopic (exact) mass is 502 g/mol. The SMILES string of the molecule is CC(=O)N1CCC(C)(c2nsc(Nc3ncc(Br)cc3Oc3cccnc3C)n2)CC1. The lowest BCUT2D eigenvalue weighted by Crippen LogP contribution is -2.43. The van der Waals surface area contributed by atoms with Crippen molar-refractivity contribution in [1.82, 2.24) is 24.2 Å². The lowest BCUT2D eigenvalue weighted by Gasteiger charge is -2.37. The molecule has 0 unspecified atom stereocenters. The average Bonchev–Trinajstić information content (AvgIpc) is 3.21. The molecule has 1 aliphatic heterocycles. The topological polar surface area (TPSA) is 93.1 Å². The van der Waals surface area contributed by atoms with E-state index >= 15 is 0 Å². The molecule has 4 heterocycles. The van der Waals surface area contributed by atoms with Crippen LogP contribution >= 0.6 is 27.5 Å². The Bertz CT molecular complexity index is 1100. The minimum Gasteiger partial charge on any atom is -0.452 e. The van der Waals surface area contributed by atoms with Crippen LogP contribution in [0.25, 0.3) is 0 Å². The number of amides is 1. The fourth-order valence-electron chi connectivity index (χ4n) is 3.45. The summed E-state index contributed by atoms with van der Waals surface area (Å²) in [5.41, 5.74) is 0.637. The maximum Gasteiger partial charge on any atom is 0.219 e. The highest BCUT2D eigenvalue weighted by Crippen LogP contribution is 2.37. The van der Waals surface area contributed by atoms with E-state index in [1.54, 1.807) is 19.3 Å². The first-order chi connectivity index (χ1) is 14.8. The van der Waals surface area contributed by atoms with Crippen LogP contribution < -0.4 is 10.1 Å². The van der Waals surface area contributed by atoms with Crippen LogP contribution in [-0.4, -0.2) is 43.2 Å². The predicted molar refractivity (Wildman–Crippen MR) is 123 cm³/mol. The second-order valence-electron chi connectivity index (χ2n) is 7.80. The zero-order valence-corrected chi connectivity index (χ0v) is 20.0. The van der Waals surface area contributed by atoms with Crippen molar-refractivity contribution >= 4 is 44.3 Å². The summed E-state index contributed by atoms with van der Waals surface area (Å²) < 4.78 is 11.5. The Kier molecular flexibility index (Phi) is 6.19. The van der Waals surface area contributed by atoms with Gasteiger partial charge in [-0.15, -0.1) is 0 Å². The van der Waals surface area contributed by atoms with Gasteiger partial charge in [0.05, 0.1) is 5.69 Å². The van der Waals surface area contributed by atoms with Gasteiger partial charge in [-0.05, 0) is 47.8 Å². The molecule has 1 fully saturated rings. The zero-order valence-electron chi connectivity index (χ0n) is 17.6. The molecule has 4 rings (SSSR count). The molecule has 3 aromatic rings. The molecule has 0 aromatic carbocycles. The predicted octanol–water partition coefficient (Wildman–Crippen LogP) is 4.83. The number of ether oxygens (including phenoxy) is 1. The summed E-state index contributed by atoms with van der Waals surface area (Å²) in [7, 11) is 0. The summed E-state index contributed by atoms with van der Waals surface area (Å²) in [6.07, 6.45) is 5.11. The third-order valence-electron chi connectivity index (χ3n) is 5.50. The molecule has 0 radical (unpaired) electrons. The van der Waals surface area contributed by atoms with E-state index in [0.717, 1.165) is 41.9 Å². The highest BCUT2D eigenvalue weighted by Gasteiger charge is 2.36. The van der Waals surface area contributed by atoms with Crippen molar-refractivity contribution in [3.8, 4) is 11.5 Å². The number of carbonyl (C=O) groups excluding carboxylic acids is 1. The highest BCUT2D eigenvalue weighted by atomic mass is 79.9. The summed E-state index contributed by atoms with van der Waals surface area (Å²) in [5, 5.41) is 3.89. The van der Waals surface area contributed by atoms with Crippen molar-refractivity contribution in [2.24, 2.45) is 0 Å². The van der Waals surface area contributed by atoms with Gasteiger partial charge in [0.2, 0.25) is 11.0 Å². The Labute approximate surface area is 193 Å². The van der Waals surface area contributed by atoms with E-state index in [0.29, 0.717) is 22.4 Å². The van der Waals surface area contributed by atoms with Crippen LogP contribution in [0.4, 0.5) is 10.9 Å². The Morgan fingerprint density at radius 1 is 1.29 bits per heavy atom. The highest BCUT2D eigenvalue weighted by molar-refractivity contribution is 9.10. The van der Waals surface area contributed by atoms with Gasteiger partial charge in [-0.1, -0.05) is 6.92 Å². The molecule has 8 nitrogen and oxygen atoms in total. The van der Waals surface area contributed by atoms with Crippen molar-refractivity contribution in [3.63, 3.8) is 0 Å². The number of aromatic nitrogens is 4. The molecule has 10 heteroatoms. The van der Waals surface area contributed by atoms with Gasteiger partial charge >= 0.3 is 0 Å². The van der Waals surface area contributed by atoms with Gasteiger partial charge in [-0.2, -0.15) is 4.37 Å². The van der Waals surface area contributed by atoms with Crippen LogP contribution in [0, 0.1) is 6.92 Å². The van der Waals surface area contributed by atoms with Gasteiger partial charge in [0.15, 0.2) is 17.4 Å². The molecule has 0 spiro atoms. The molecule has 1 N–H and O–H groups in total. The second kappa shape index (κ2) is 8.88. The number of nitrogens with zero attached hydrogens (tertiary/aromatic N) is 5. The van der Waals surface area contributed by atoms with Gasteiger partial charge in [0.25, 0.3) is 0 Å². The molecular formula is C21H23BrN6O2S. The molecular weight excluding hydrogens is 480 g/mol. The van der Waals surface area contributed by atoms with Crippen LogP contribution in [0.5, 0.6) is 11.5 Å². The third-order valence-corrected chi connectivity index (χ3v) is 6.57.